The molecule has 1 unspecified atom stereocenters. The van der Waals surface area contributed by atoms with Crippen LogP contribution < -0.4 is 16.0 Å². The van der Waals surface area contributed by atoms with Crippen LogP contribution in [-0.2, 0) is 29.2 Å². The number of hydrogen-bond acceptors (Lipinski definition) is 7. The van der Waals surface area contributed by atoms with E-state index in [4.69, 9.17) is 5.73 Å². The zero-order valence-electron chi connectivity index (χ0n) is 17.6. The monoisotopic (exact) mass is 420 g/mol. The maximum Gasteiger partial charge on any atom is 0.243 e. The number of aromatic nitrogens is 1. The second-order valence-corrected chi connectivity index (χ2v) is 8.63. The summed E-state index contributed by atoms with van der Waals surface area (Å²) in [6.07, 6.45) is 2.87. The highest BCUT2D eigenvalue weighted by Gasteiger charge is 2.35. The summed E-state index contributed by atoms with van der Waals surface area (Å²) in [5.74, 6) is 0.234. The molecule has 31 heavy (non-hydrogen) atoms. The Kier molecular flexibility index (Phi) is 5.33. The van der Waals surface area contributed by atoms with Gasteiger partial charge in [0.2, 0.25) is 11.8 Å². The molecule has 0 spiro atoms. The lowest BCUT2D eigenvalue weighted by atomic mass is 10.0. The summed E-state index contributed by atoms with van der Waals surface area (Å²) in [5.41, 5.74) is 10.8. The highest BCUT2D eigenvalue weighted by atomic mass is 16.2. The van der Waals surface area contributed by atoms with Crippen LogP contribution in [0.4, 0.5) is 11.5 Å². The Bertz CT molecular complexity index is 984. The molecule has 0 radical (unpaired) electrons. The highest BCUT2D eigenvalue weighted by molar-refractivity contribution is 6.00. The number of benzene rings is 1. The average Bonchev–Trinajstić information content (AvgIpc) is 3.20. The minimum absolute atomic E-state index is 0.154. The van der Waals surface area contributed by atoms with Crippen molar-refractivity contribution in [3.63, 3.8) is 0 Å². The van der Waals surface area contributed by atoms with Crippen LogP contribution in [0.25, 0.3) is 0 Å². The summed E-state index contributed by atoms with van der Waals surface area (Å²) in [5, 5.41) is 2.49. The van der Waals surface area contributed by atoms with Gasteiger partial charge in [0, 0.05) is 52.2 Å². The minimum atomic E-state index is -0.213. The zero-order chi connectivity index (χ0) is 21.4. The van der Waals surface area contributed by atoms with Gasteiger partial charge in [0.05, 0.1) is 17.9 Å². The van der Waals surface area contributed by atoms with E-state index in [1.165, 1.54) is 16.7 Å². The van der Waals surface area contributed by atoms with Gasteiger partial charge in [0.15, 0.2) is 0 Å². The van der Waals surface area contributed by atoms with E-state index in [1.807, 2.05) is 18.3 Å². The van der Waals surface area contributed by atoms with Crippen LogP contribution in [0, 0.1) is 0 Å². The number of imide groups is 1. The van der Waals surface area contributed by atoms with Gasteiger partial charge in [0.25, 0.3) is 0 Å². The van der Waals surface area contributed by atoms with Gasteiger partial charge in [-0.25, -0.2) is 4.98 Å². The second kappa shape index (κ2) is 8.28. The summed E-state index contributed by atoms with van der Waals surface area (Å²) >= 11 is 0. The number of nitrogens with zero attached hydrogens (tertiary/aromatic N) is 4. The number of piperidine rings is 1. The van der Waals surface area contributed by atoms with Crippen molar-refractivity contribution in [2.45, 2.75) is 38.5 Å². The SMILES string of the molecule is Nc1ccc(N2CCN(Cc3cccc4c3CN(C3CCC(=O)NC3=O)C4)CC2)cn1. The highest BCUT2D eigenvalue weighted by Crippen LogP contribution is 2.30. The van der Waals surface area contributed by atoms with Crippen molar-refractivity contribution in [3.8, 4) is 0 Å². The van der Waals surface area contributed by atoms with Crippen LogP contribution in [-0.4, -0.2) is 58.8 Å². The van der Waals surface area contributed by atoms with Crippen molar-refractivity contribution in [2.75, 3.05) is 36.8 Å². The van der Waals surface area contributed by atoms with Gasteiger partial charge in [-0.05, 0) is 35.2 Å². The van der Waals surface area contributed by atoms with E-state index < -0.39 is 0 Å². The van der Waals surface area contributed by atoms with Crippen LogP contribution >= 0.6 is 0 Å². The Morgan fingerprint density at radius 3 is 2.65 bits per heavy atom. The summed E-state index contributed by atoms with van der Waals surface area (Å²) < 4.78 is 0. The third-order valence-corrected chi connectivity index (χ3v) is 6.66. The molecule has 4 heterocycles. The molecule has 5 rings (SSSR count). The molecule has 8 nitrogen and oxygen atoms in total. The quantitative estimate of drug-likeness (QED) is 0.716. The number of carbonyl (C=O) groups excluding carboxylic acids is 2. The Labute approximate surface area is 182 Å². The first-order valence-corrected chi connectivity index (χ1v) is 10.9. The van der Waals surface area contributed by atoms with Gasteiger partial charge in [-0.2, -0.15) is 0 Å². The van der Waals surface area contributed by atoms with Crippen LogP contribution in [0.15, 0.2) is 36.5 Å². The lowest BCUT2D eigenvalue weighted by Gasteiger charge is -2.36. The lowest BCUT2D eigenvalue weighted by molar-refractivity contribution is -0.137. The molecule has 1 aromatic carbocycles. The van der Waals surface area contributed by atoms with E-state index in [2.05, 4.69) is 43.2 Å². The molecule has 0 saturated carbocycles. The fraction of sp³-hybridized carbons (Fsp3) is 0.435. The van der Waals surface area contributed by atoms with Crippen molar-refractivity contribution in [1.82, 2.24) is 20.1 Å². The first-order chi connectivity index (χ1) is 15.1. The number of carbonyl (C=O) groups is 2. The molecule has 2 fully saturated rings. The number of nitrogen functional groups attached to an aromatic ring is 1. The molecular formula is C23H28N6O2. The topological polar surface area (TPSA) is 94.8 Å². The maximum absolute atomic E-state index is 12.3. The fourth-order valence-electron chi connectivity index (χ4n) is 4.91. The van der Waals surface area contributed by atoms with Gasteiger partial charge in [0.1, 0.15) is 5.82 Å². The number of hydrogen-bond donors (Lipinski definition) is 2. The Hall–Kier alpha value is -2.97. The molecule has 0 bridgehead atoms. The molecule has 8 heteroatoms. The van der Waals surface area contributed by atoms with E-state index in [9.17, 15) is 9.59 Å². The number of fused-ring (bicyclic) bond motifs is 1. The molecule has 1 aromatic heterocycles. The molecule has 3 aliphatic heterocycles. The Morgan fingerprint density at radius 1 is 1.06 bits per heavy atom. The van der Waals surface area contributed by atoms with E-state index in [0.29, 0.717) is 18.7 Å². The first kappa shape index (κ1) is 20.0. The normalized spacial score (nSPS) is 22.5. The number of amides is 2. The van der Waals surface area contributed by atoms with Crippen LogP contribution in [0.3, 0.4) is 0 Å². The molecule has 2 amide bonds. The second-order valence-electron chi connectivity index (χ2n) is 8.63. The summed E-state index contributed by atoms with van der Waals surface area (Å²) in [6.45, 7) is 6.37. The molecule has 3 N–H and O–H groups in total. The number of piperazine rings is 1. The van der Waals surface area contributed by atoms with Gasteiger partial charge in [-0.15, -0.1) is 0 Å². The zero-order valence-corrected chi connectivity index (χ0v) is 17.6. The Morgan fingerprint density at radius 2 is 1.90 bits per heavy atom. The predicted molar refractivity (Wildman–Crippen MR) is 118 cm³/mol. The Balaban J connectivity index is 1.22. The van der Waals surface area contributed by atoms with Crippen LogP contribution in [0.5, 0.6) is 0 Å². The third kappa shape index (κ3) is 4.13. The van der Waals surface area contributed by atoms with Crippen molar-refractivity contribution in [1.29, 1.82) is 0 Å². The van der Waals surface area contributed by atoms with E-state index >= 15 is 0 Å². The fourth-order valence-corrected chi connectivity index (χ4v) is 4.91. The molecule has 3 aliphatic rings. The van der Waals surface area contributed by atoms with Crippen molar-refractivity contribution in [2.24, 2.45) is 0 Å². The number of nitrogens with two attached hydrogens (primary N) is 1. The van der Waals surface area contributed by atoms with Gasteiger partial charge in [-0.3, -0.25) is 24.7 Å². The van der Waals surface area contributed by atoms with E-state index in [1.54, 1.807) is 0 Å². The minimum Gasteiger partial charge on any atom is -0.384 e. The van der Waals surface area contributed by atoms with Gasteiger partial charge >= 0.3 is 0 Å². The van der Waals surface area contributed by atoms with E-state index in [-0.39, 0.29) is 17.9 Å². The van der Waals surface area contributed by atoms with Crippen molar-refractivity contribution < 1.29 is 9.59 Å². The largest absolute Gasteiger partial charge is 0.384 e. The maximum atomic E-state index is 12.3. The van der Waals surface area contributed by atoms with Crippen molar-refractivity contribution in [3.05, 3.63) is 53.2 Å². The summed E-state index contributed by atoms with van der Waals surface area (Å²) in [7, 11) is 0. The molecule has 2 aromatic rings. The predicted octanol–water partition coefficient (Wildman–Crippen LogP) is 1.11. The van der Waals surface area contributed by atoms with Crippen LogP contribution in [0.1, 0.15) is 29.5 Å². The molecule has 1 atom stereocenters. The number of anilines is 2. The average molecular weight is 421 g/mol. The van der Waals surface area contributed by atoms with Crippen LogP contribution in [0.2, 0.25) is 0 Å². The number of nitrogens with one attached hydrogen (secondary N) is 1. The van der Waals surface area contributed by atoms with Gasteiger partial charge < -0.3 is 10.6 Å². The van der Waals surface area contributed by atoms with E-state index in [0.717, 1.165) is 51.5 Å². The third-order valence-electron chi connectivity index (χ3n) is 6.66. The summed E-state index contributed by atoms with van der Waals surface area (Å²) in [6, 6.07) is 10.2. The van der Waals surface area contributed by atoms with Crippen molar-refractivity contribution >= 4 is 23.3 Å². The molecule has 0 aliphatic carbocycles. The molecule has 162 valence electrons. The molecular weight excluding hydrogens is 392 g/mol. The number of rotatable bonds is 4. The standard InChI is InChI=1S/C23H28N6O2/c24-21-6-4-18(12-25-21)28-10-8-27(9-11-28)13-16-2-1-3-17-14-29(15-19(16)17)20-5-7-22(30)26-23(20)31/h1-4,6,12,20H,5,7-11,13-15H2,(H2,24,25)(H,26,30,31). The molecule has 2 saturated heterocycles. The number of pyridine rings is 1. The van der Waals surface area contributed by atoms with Gasteiger partial charge in [-0.1, -0.05) is 18.2 Å². The first-order valence-electron chi connectivity index (χ1n) is 10.9. The lowest BCUT2D eigenvalue weighted by Crippen LogP contribution is -2.50. The smallest absolute Gasteiger partial charge is 0.243 e. The summed E-state index contributed by atoms with van der Waals surface area (Å²) in [4.78, 5) is 35.1.